The number of benzene rings is 1. The van der Waals surface area contributed by atoms with Crippen LogP contribution in [0.3, 0.4) is 0 Å². The van der Waals surface area contributed by atoms with E-state index in [1.165, 1.54) is 0 Å². The normalized spacial score (nSPS) is 22.2. The number of rotatable bonds is 5. The average molecular weight is 365 g/mol. The fourth-order valence-electron chi connectivity index (χ4n) is 3.66. The zero-order valence-electron chi connectivity index (χ0n) is 15.3. The van der Waals surface area contributed by atoms with Crippen LogP contribution >= 0.6 is 0 Å². The van der Waals surface area contributed by atoms with E-state index in [0.717, 1.165) is 32.1 Å². The van der Waals surface area contributed by atoms with Crippen molar-refractivity contribution < 1.29 is 13.2 Å². The summed E-state index contributed by atoms with van der Waals surface area (Å²) in [6.45, 7) is 6.58. The monoisotopic (exact) mass is 364 g/mol. The first-order valence-corrected chi connectivity index (χ1v) is 10.7. The second-order valence-electron chi connectivity index (χ2n) is 7.52. The van der Waals surface area contributed by atoms with Crippen molar-refractivity contribution >= 4 is 15.9 Å². The number of hydrogen-bond acceptors (Lipinski definition) is 3. The molecule has 5 nitrogen and oxygen atoms in total. The number of piperidine rings is 1. The molecule has 3 rings (SSSR count). The van der Waals surface area contributed by atoms with E-state index in [1.54, 1.807) is 28.6 Å². The van der Waals surface area contributed by atoms with Gasteiger partial charge in [0.05, 0.1) is 4.90 Å². The molecule has 0 spiro atoms. The van der Waals surface area contributed by atoms with Crippen LogP contribution in [0.15, 0.2) is 29.2 Å². The molecule has 0 radical (unpaired) electrons. The molecule has 1 unspecified atom stereocenters. The topological polar surface area (TPSA) is 57.7 Å². The molecular weight excluding hydrogens is 336 g/mol. The molecule has 1 aliphatic carbocycles. The first-order chi connectivity index (χ1) is 11.8. The van der Waals surface area contributed by atoms with Crippen molar-refractivity contribution in [3.8, 4) is 0 Å². The zero-order valence-corrected chi connectivity index (χ0v) is 16.1. The Morgan fingerprint density at radius 2 is 1.76 bits per heavy atom. The second kappa shape index (κ2) is 7.08. The summed E-state index contributed by atoms with van der Waals surface area (Å²) in [5.74, 6) is -0.00668. The molecule has 0 aromatic heterocycles. The first kappa shape index (κ1) is 18.4. The van der Waals surface area contributed by atoms with Gasteiger partial charge in [-0.05, 0) is 70.7 Å². The molecule has 1 amide bonds. The fraction of sp³-hybridized carbons (Fsp3) is 0.632. The van der Waals surface area contributed by atoms with E-state index in [9.17, 15) is 13.2 Å². The minimum atomic E-state index is -3.49. The molecule has 1 atom stereocenters. The summed E-state index contributed by atoms with van der Waals surface area (Å²) >= 11 is 0. The molecule has 1 heterocycles. The molecule has 0 bridgehead atoms. The molecule has 1 aromatic carbocycles. The molecule has 1 aliphatic heterocycles. The van der Waals surface area contributed by atoms with E-state index in [1.807, 2.05) is 25.7 Å². The number of amides is 1. The number of hydrogen-bond donors (Lipinski definition) is 0. The molecular formula is C19H28N2O3S. The highest BCUT2D eigenvalue weighted by molar-refractivity contribution is 7.89. The standard InChI is InChI=1S/C19H28N2O3S/c1-14(2)21(17-9-10-17)19(22)16-7-11-18(12-8-16)25(23,24)20-13-5-4-6-15(20)3/h7-8,11-12,14-15,17H,4-6,9-10,13H2,1-3H3. The Labute approximate surface area is 151 Å². The number of carbonyl (C=O) groups excluding carboxylic acids is 1. The van der Waals surface area contributed by atoms with Crippen LogP contribution in [-0.4, -0.2) is 48.2 Å². The summed E-state index contributed by atoms with van der Waals surface area (Å²) in [4.78, 5) is 14.9. The van der Waals surface area contributed by atoms with Gasteiger partial charge >= 0.3 is 0 Å². The number of nitrogens with zero attached hydrogens (tertiary/aromatic N) is 2. The predicted molar refractivity (Wildman–Crippen MR) is 98.0 cm³/mol. The third-order valence-electron chi connectivity index (χ3n) is 5.18. The summed E-state index contributed by atoms with van der Waals surface area (Å²) in [6, 6.07) is 6.99. The van der Waals surface area contributed by atoms with Crippen molar-refractivity contribution in [1.29, 1.82) is 0 Å². The molecule has 1 aromatic rings. The van der Waals surface area contributed by atoms with Gasteiger partial charge in [-0.15, -0.1) is 0 Å². The van der Waals surface area contributed by atoms with Gasteiger partial charge in [0, 0.05) is 30.2 Å². The molecule has 138 valence electrons. The van der Waals surface area contributed by atoms with Crippen LogP contribution in [0.1, 0.15) is 63.2 Å². The van der Waals surface area contributed by atoms with Gasteiger partial charge in [-0.25, -0.2) is 8.42 Å². The average Bonchev–Trinajstić information content (AvgIpc) is 3.39. The highest BCUT2D eigenvalue weighted by Gasteiger charge is 2.35. The maximum Gasteiger partial charge on any atom is 0.254 e. The van der Waals surface area contributed by atoms with Crippen molar-refractivity contribution in [2.24, 2.45) is 0 Å². The summed E-state index contributed by atoms with van der Waals surface area (Å²) in [5.41, 5.74) is 0.561. The van der Waals surface area contributed by atoms with Crippen LogP contribution in [0, 0.1) is 0 Å². The maximum absolute atomic E-state index is 12.9. The lowest BCUT2D eigenvalue weighted by Crippen LogP contribution is -2.42. The van der Waals surface area contributed by atoms with Gasteiger partial charge in [0.25, 0.3) is 5.91 Å². The molecule has 25 heavy (non-hydrogen) atoms. The van der Waals surface area contributed by atoms with Crippen LogP contribution in [0.2, 0.25) is 0 Å². The smallest absolute Gasteiger partial charge is 0.254 e. The van der Waals surface area contributed by atoms with Crippen molar-refractivity contribution in [2.75, 3.05) is 6.54 Å². The summed E-state index contributed by atoms with van der Waals surface area (Å²) in [7, 11) is -3.49. The molecule has 6 heteroatoms. The maximum atomic E-state index is 12.9. The van der Waals surface area contributed by atoms with Crippen LogP contribution in [0.4, 0.5) is 0 Å². The molecule has 2 fully saturated rings. The van der Waals surface area contributed by atoms with E-state index < -0.39 is 10.0 Å². The van der Waals surface area contributed by atoms with E-state index in [2.05, 4.69) is 0 Å². The highest BCUT2D eigenvalue weighted by Crippen LogP contribution is 2.30. The zero-order chi connectivity index (χ0) is 18.2. The van der Waals surface area contributed by atoms with E-state index >= 15 is 0 Å². The lowest BCUT2D eigenvalue weighted by atomic mass is 10.1. The Hall–Kier alpha value is -1.40. The summed E-state index contributed by atoms with van der Waals surface area (Å²) in [6.07, 6.45) is 5.00. The highest BCUT2D eigenvalue weighted by atomic mass is 32.2. The quantitative estimate of drug-likeness (QED) is 0.806. The SMILES string of the molecule is CC(C)N(C(=O)c1ccc(S(=O)(=O)N2CCCCC2C)cc1)C1CC1. The van der Waals surface area contributed by atoms with E-state index in [0.29, 0.717) is 18.2 Å². The second-order valence-corrected chi connectivity index (χ2v) is 9.41. The predicted octanol–water partition coefficient (Wildman–Crippen LogP) is 3.26. The Balaban J connectivity index is 1.80. The van der Waals surface area contributed by atoms with Crippen LogP contribution < -0.4 is 0 Å². The van der Waals surface area contributed by atoms with Crippen LogP contribution in [-0.2, 0) is 10.0 Å². The summed E-state index contributed by atoms with van der Waals surface area (Å²) in [5, 5.41) is 0. The molecule has 0 N–H and O–H groups in total. The van der Waals surface area contributed by atoms with E-state index in [-0.39, 0.29) is 22.9 Å². The van der Waals surface area contributed by atoms with Crippen molar-refractivity contribution in [1.82, 2.24) is 9.21 Å². The van der Waals surface area contributed by atoms with Gasteiger partial charge in [0.1, 0.15) is 0 Å². The van der Waals surface area contributed by atoms with E-state index in [4.69, 9.17) is 0 Å². The van der Waals surface area contributed by atoms with Crippen molar-refractivity contribution in [3.05, 3.63) is 29.8 Å². The minimum Gasteiger partial charge on any atom is -0.333 e. The van der Waals surface area contributed by atoms with Gasteiger partial charge < -0.3 is 4.90 Å². The summed E-state index contributed by atoms with van der Waals surface area (Å²) < 4.78 is 27.3. The fourth-order valence-corrected chi connectivity index (χ4v) is 5.36. The number of carbonyl (C=O) groups is 1. The van der Waals surface area contributed by atoms with Gasteiger partial charge in [-0.2, -0.15) is 4.31 Å². The van der Waals surface area contributed by atoms with Gasteiger partial charge in [-0.3, -0.25) is 4.79 Å². The third kappa shape index (κ3) is 3.75. The lowest BCUT2D eigenvalue weighted by molar-refractivity contribution is 0.0690. The van der Waals surface area contributed by atoms with Gasteiger partial charge in [-0.1, -0.05) is 6.42 Å². The largest absolute Gasteiger partial charge is 0.333 e. The molecule has 1 saturated carbocycles. The van der Waals surface area contributed by atoms with Crippen LogP contribution in [0.25, 0.3) is 0 Å². The minimum absolute atomic E-state index is 0.00668. The Bertz CT molecular complexity index is 722. The first-order valence-electron chi connectivity index (χ1n) is 9.27. The Morgan fingerprint density at radius 3 is 2.28 bits per heavy atom. The molecule has 2 aliphatic rings. The van der Waals surface area contributed by atoms with Gasteiger partial charge in [0.2, 0.25) is 10.0 Å². The Kier molecular flexibility index (Phi) is 5.21. The molecule has 1 saturated heterocycles. The third-order valence-corrected chi connectivity index (χ3v) is 7.21. The van der Waals surface area contributed by atoms with Crippen molar-refractivity contribution in [3.63, 3.8) is 0 Å². The lowest BCUT2D eigenvalue weighted by Gasteiger charge is -2.32. The Morgan fingerprint density at radius 1 is 1.12 bits per heavy atom. The van der Waals surface area contributed by atoms with Gasteiger partial charge in [0.15, 0.2) is 0 Å². The van der Waals surface area contributed by atoms with Crippen molar-refractivity contribution in [2.45, 2.75) is 75.9 Å². The van der Waals surface area contributed by atoms with Crippen LogP contribution in [0.5, 0.6) is 0 Å². The number of sulfonamides is 1.